The van der Waals surface area contributed by atoms with Crippen molar-refractivity contribution in [2.24, 2.45) is 17.8 Å². The zero-order chi connectivity index (χ0) is 65.2. The van der Waals surface area contributed by atoms with Crippen LogP contribution in [0.15, 0.2) is 0 Å². The molecule has 0 radical (unpaired) electrons. The second-order valence-electron chi connectivity index (χ2n) is 26.3. The summed E-state index contributed by atoms with van der Waals surface area (Å²) in [6.45, 7) is 11.8. The molecule has 0 spiro atoms. The Morgan fingerprint density at radius 1 is 0.307 bits per heavy atom. The summed E-state index contributed by atoms with van der Waals surface area (Å²) in [6, 6.07) is 0. The van der Waals surface area contributed by atoms with Gasteiger partial charge in [0.25, 0.3) is 0 Å². The molecule has 0 aromatic rings. The highest BCUT2D eigenvalue weighted by Gasteiger charge is 2.30. The molecule has 0 aliphatic heterocycles. The molecule has 19 heteroatoms. The lowest BCUT2D eigenvalue weighted by Gasteiger charge is -2.21. The Morgan fingerprint density at radius 2 is 0.523 bits per heavy atom. The largest absolute Gasteiger partial charge is 0.472 e. The van der Waals surface area contributed by atoms with Crippen LogP contribution in [0.3, 0.4) is 0 Å². The summed E-state index contributed by atoms with van der Waals surface area (Å²) in [7, 11) is -9.90. The first-order chi connectivity index (χ1) is 42.2. The molecule has 0 heterocycles. The summed E-state index contributed by atoms with van der Waals surface area (Å²) in [5.74, 6) is 0.0875. The maximum absolute atomic E-state index is 13.0. The first kappa shape index (κ1) is 86.1. The summed E-state index contributed by atoms with van der Waals surface area (Å²) < 4.78 is 68.2. The number of ether oxygens (including phenoxy) is 4. The Hall–Kier alpha value is -1.94. The Morgan fingerprint density at radius 3 is 0.773 bits per heavy atom. The van der Waals surface area contributed by atoms with E-state index in [-0.39, 0.29) is 25.7 Å². The Kier molecular flexibility index (Phi) is 58.7. The third-order valence-corrected chi connectivity index (χ3v) is 17.8. The minimum Gasteiger partial charge on any atom is -0.462 e. The van der Waals surface area contributed by atoms with Crippen LogP contribution >= 0.6 is 15.6 Å². The van der Waals surface area contributed by atoms with Gasteiger partial charge >= 0.3 is 39.5 Å². The van der Waals surface area contributed by atoms with E-state index in [4.69, 9.17) is 37.0 Å². The summed E-state index contributed by atoms with van der Waals surface area (Å²) >= 11 is 0. The number of hydrogen-bond acceptors (Lipinski definition) is 15. The molecule has 0 aromatic heterocycles. The van der Waals surface area contributed by atoms with Crippen LogP contribution in [0.25, 0.3) is 0 Å². The molecule has 3 N–H and O–H groups in total. The SMILES string of the molecule is CCCCCCCCCCCCCC(=O)O[C@H](COC(=O)CCCCCCCCC(C)C)COP(=O)(O)OC[C@H](O)COP(=O)(O)OC[C@@H](COC(=O)CCCCCCCCCCCCCC(C)C)OC(=O)CCCCCCCCCCCCCC(C)C. The van der Waals surface area contributed by atoms with Crippen LogP contribution in [-0.2, 0) is 65.4 Å². The van der Waals surface area contributed by atoms with E-state index in [1.807, 2.05) is 0 Å². The molecule has 88 heavy (non-hydrogen) atoms. The molecule has 0 rings (SSSR count). The van der Waals surface area contributed by atoms with E-state index in [0.29, 0.717) is 31.6 Å². The molecule has 0 amide bonds. The third-order valence-electron chi connectivity index (χ3n) is 15.9. The standard InChI is InChI=1S/C69H134O17P2/c1-8-9-10-11-12-13-16-24-29-38-45-52-68(73)86-65(57-80-67(72)51-44-37-32-31-35-42-49-62(6)7)59-84-88(77,78)82-55-63(70)54-81-87(75,76)83-58-64(85-69(74)53-46-39-30-25-20-15-18-22-27-34-41-48-61(4)5)56-79-66(71)50-43-36-28-23-19-14-17-21-26-33-40-47-60(2)3/h60-65,70H,8-59H2,1-7H3,(H,75,76)(H,77,78)/t63-,64-,65-/m1/s1. The molecule has 5 atom stereocenters. The van der Waals surface area contributed by atoms with Crippen molar-refractivity contribution in [1.29, 1.82) is 0 Å². The number of phosphoric ester groups is 2. The fraction of sp³-hybridized carbons (Fsp3) is 0.942. The van der Waals surface area contributed by atoms with Crippen molar-refractivity contribution in [2.75, 3.05) is 39.6 Å². The number of aliphatic hydroxyl groups excluding tert-OH is 1. The Labute approximate surface area is 537 Å². The maximum Gasteiger partial charge on any atom is 0.472 e. The molecule has 17 nitrogen and oxygen atoms in total. The molecular weight excluding hydrogens is 1160 g/mol. The van der Waals surface area contributed by atoms with Crippen molar-refractivity contribution >= 4 is 39.5 Å². The zero-order valence-corrected chi connectivity index (χ0v) is 59.0. The monoisotopic (exact) mass is 1300 g/mol. The average molecular weight is 1300 g/mol. The lowest BCUT2D eigenvalue weighted by Crippen LogP contribution is -2.30. The molecule has 0 bridgehead atoms. The van der Waals surface area contributed by atoms with Crippen molar-refractivity contribution in [3.05, 3.63) is 0 Å². The third kappa shape index (κ3) is 62.8. The lowest BCUT2D eigenvalue weighted by molar-refractivity contribution is -0.161. The summed E-state index contributed by atoms with van der Waals surface area (Å²) in [5, 5.41) is 10.6. The molecule has 0 saturated carbocycles. The first-order valence-electron chi connectivity index (χ1n) is 35.8. The van der Waals surface area contributed by atoms with Crippen LogP contribution in [0.2, 0.25) is 0 Å². The number of unbranched alkanes of at least 4 members (excludes halogenated alkanes) is 35. The quantitative estimate of drug-likeness (QED) is 0.0222. The normalized spacial score (nSPS) is 14.2. The van der Waals surface area contributed by atoms with Gasteiger partial charge in [0.15, 0.2) is 12.2 Å². The van der Waals surface area contributed by atoms with E-state index in [0.717, 1.165) is 108 Å². The van der Waals surface area contributed by atoms with Crippen LogP contribution in [-0.4, -0.2) is 96.7 Å². The number of phosphoric acid groups is 2. The predicted octanol–water partition coefficient (Wildman–Crippen LogP) is 19.5. The van der Waals surface area contributed by atoms with Crippen molar-refractivity contribution < 1.29 is 80.2 Å². The van der Waals surface area contributed by atoms with Gasteiger partial charge in [-0.3, -0.25) is 37.3 Å². The Balaban J connectivity index is 5.24. The molecule has 0 aliphatic carbocycles. The smallest absolute Gasteiger partial charge is 0.462 e. The van der Waals surface area contributed by atoms with Crippen molar-refractivity contribution in [3.63, 3.8) is 0 Å². The second kappa shape index (κ2) is 60.0. The average Bonchev–Trinajstić information content (AvgIpc) is 3.65. The van der Waals surface area contributed by atoms with Crippen LogP contribution < -0.4 is 0 Å². The van der Waals surface area contributed by atoms with Gasteiger partial charge in [-0.25, -0.2) is 9.13 Å². The second-order valence-corrected chi connectivity index (χ2v) is 29.3. The van der Waals surface area contributed by atoms with Crippen LogP contribution in [0, 0.1) is 17.8 Å². The van der Waals surface area contributed by atoms with Gasteiger partial charge in [0.05, 0.1) is 26.4 Å². The predicted molar refractivity (Wildman–Crippen MR) is 354 cm³/mol. The Bertz CT molecular complexity index is 1730. The van der Waals surface area contributed by atoms with E-state index in [1.165, 1.54) is 148 Å². The molecule has 0 fully saturated rings. The minimum absolute atomic E-state index is 0.105. The van der Waals surface area contributed by atoms with Crippen LogP contribution in [0.4, 0.5) is 0 Å². The summed E-state index contributed by atoms with van der Waals surface area (Å²) in [5.41, 5.74) is 0. The lowest BCUT2D eigenvalue weighted by atomic mass is 10.0. The van der Waals surface area contributed by atoms with E-state index in [1.54, 1.807) is 0 Å². The van der Waals surface area contributed by atoms with Gasteiger partial charge in [-0.15, -0.1) is 0 Å². The number of aliphatic hydroxyl groups is 1. The van der Waals surface area contributed by atoms with E-state index < -0.39 is 97.5 Å². The summed E-state index contributed by atoms with van der Waals surface area (Å²) in [4.78, 5) is 72.4. The molecule has 522 valence electrons. The van der Waals surface area contributed by atoms with Gasteiger partial charge in [0.2, 0.25) is 0 Å². The molecule has 0 aliphatic rings. The molecule has 0 aromatic carbocycles. The molecule has 2 unspecified atom stereocenters. The number of carbonyl (C=O) groups excluding carboxylic acids is 4. The fourth-order valence-corrected chi connectivity index (χ4v) is 11.9. The summed E-state index contributed by atoms with van der Waals surface area (Å²) in [6.07, 6.45) is 43.1. The number of hydrogen-bond donors (Lipinski definition) is 3. The highest BCUT2D eigenvalue weighted by molar-refractivity contribution is 7.47. The first-order valence-corrected chi connectivity index (χ1v) is 38.8. The molecular formula is C69H134O17P2. The van der Waals surface area contributed by atoms with Crippen molar-refractivity contribution in [2.45, 2.75) is 362 Å². The topological polar surface area (TPSA) is 237 Å². The van der Waals surface area contributed by atoms with Gasteiger partial charge in [-0.05, 0) is 43.4 Å². The highest BCUT2D eigenvalue weighted by Crippen LogP contribution is 2.45. The van der Waals surface area contributed by atoms with Gasteiger partial charge in [0.1, 0.15) is 19.3 Å². The molecule has 0 saturated heterocycles. The van der Waals surface area contributed by atoms with Gasteiger partial charge in [-0.1, -0.05) is 292 Å². The zero-order valence-electron chi connectivity index (χ0n) is 57.2. The maximum atomic E-state index is 13.0. The highest BCUT2D eigenvalue weighted by atomic mass is 31.2. The number of esters is 4. The minimum atomic E-state index is -4.95. The van der Waals surface area contributed by atoms with Gasteiger partial charge < -0.3 is 33.8 Å². The van der Waals surface area contributed by atoms with Crippen LogP contribution in [0.1, 0.15) is 344 Å². The number of rotatable bonds is 67. The van der Waals surface area contributed by atoms with E-state index in [2.05, 4.69) is 48.5 Å². The van der Waals surface area contributed by atoms with Crippen LogP contribution in [0.5, 0.6) is 0 Å². The van der Waals surface area contributed by atoms with Gasteiger partial charge in [0, 0.05) is 25.7 Å². The van der Waals surface area contributed by atoms with E-state index >= 15 is 0 Å². The fourth-order valence-electron chi connectivity index (χ4n) is 10.4. The van der Waals surface area contributed by atoms with Crippen molar-refractivity contribution in [1.82, 2.24) is 0 Å². The number of carbonyl (C=O) groups is 4. The van der Waals surface area contributed by atoms with Crippen molar-refractivity contribution in [3.8, 4) is 0 Å². The van der Waals surface area contributed by atoms with E-state index in [9.17, 15) is 43.2 Å². The van der Waals surface area contributed by atoms with Gasteiger partial charge in [-0.2, -0.15) is 0 Å².